The number of fused-ring (bicyclic) bond motifs is 2. The summed E-state index contributed by atoms with van der Waals surface area (Å²) in [6, 6.07) is 16.5. The van der Waals surface area contributed by atoms with Crippen molar-refractivity contribution in [2.75, 3.05) is 5.32 Å². The second-order valence-electron chi connectivity index (χ2n) is 5.67. The lowest BCUT2D eigenvalue weighted by atomic mass is 10.1. The van der Waals surface area contributed by atoms with Gasteiger partial charge in [-0.1, -0.05) is 24.3 Å². The fourth-order valence-corrected chi connectivity index (χ4v) is 3.05. The zero-order chi connectivity index (χ0) is 19.0. The minimum absolute atomic E-state index is 0.0645. The number of carbonyl (C=O) groups is 1. The molecule has 0 saturated heterocycles. The van der Waals surface area contributed by atoms with Crippen molar-refractivity contribution in [3.8, 4) is 23.0 Å². The van der Waals surface area contributed by atoms with E-state index in [1.807, 2.05) is 6.07 Å². The summed E-state index contributed by atoms with van der Waals surface area (Å²) in [7, 11) is 0. The van der Waals surface area contributed by atoms with E-state index < -0.39 is 5.91 Å². The Hall–Kier alpha value is -3.39. The van der Waals surface area contributed by atoms with Gasteiger partial charge in [-0.05, 0) is 40.2 Å². The number of nitrogens with one attached hydrogen (secondary N) is 1. The average molecular weight is 428 g/mol. The summed E-state index contributed by atoms with van der Waals surface area (Å²) in [6.07, 6.45) is 0. The Labute approximate surface area is 161 Å². The van der Waals surface area contributed by atoms with Crippen LogP contribution in [-0.4, -0.2) is 16.0 Å². The van der Waals surface area contributed by atoms with Gasteiger partial charge in [0.05, 0.1) is 27.2 Å². The molecule has 7 nitrogen and oxygen atoms in total. The van der Waals surface area contributed by atoms with Crippen LogP contribution in [0, 0.1) is 4.91 Å². The van der Waals surface area contributed by atoms with Crippen molar-refractivity contribution in [1.82, 2.24) is 0 Å². The number of para-hydroxylation sites is 3. The number of ether oxygens (including phenoxy) is 2. The molecule has 134 valence electrons. The molecule has 3 aromatic carbocycles. The molecule has 27 heavy (non-hydrogen) atoms. The van der Waals surface area contributed by atoms with E-state index in [4.69, 9.17) is 9.47 Å². The van der Waals surface area contributed by atoms with E-state index >= 15 is 0 Å². The van der Waals surface area contributed by atoms with Gasteiger partial charge in [-0.3, -0.25) is 4.79 Å². The molecule has 1 aliphatic heterocycles. The molecule has 0 atom stereocenters. The number of benzene rings is 3. The molecule has 2 N–H and O–H groups in total. The summed E-state index contributed by atoms with van der Waals surface area (Å²) in [4.78, 5) is 24.0. The molecular formula is C19H12BrN2O5+. The van der Waals surface area contributed by atoms with Crippen molar-refractivity contribution >= 4 is 33.2 Å². The fraction of sp³-hybridized carbons (Fsp3) is 0. The van der Waals surface area contributed by atoms with Gasteiger partial charge in [-0.15, -0.1) is 0 Å². The molecule has 1 aliphatic rings. The molecule has 4 rings (SSSR count). The van der Waals surface area contributed by atoms with Crippen LogP contribution in [0.25, 0.3) is 0 Å². The lowest BCUT2D eigenvalue weighted by Crippen LogP contribution is -2.12. The molecule has 0 aromatic heterocycles. The third-order valence-electron chi connectivity index (χ3n) is 3.91. The molecule has 8 heteroatoms. The molecule has 0 saturated carbocycles. The Bertz CT molecular complexity index is 1080. The first-order valence-electron chi connectivity index (χ1n) is 7.88. The van der Waals surface area contributed by atoms with Gasteiger partial charge in [0, 0.05) is 0 Å². The number of nitrogens with zero attached hydrogens (tertiary/aromatic N) is 1. The number of rotatable bonds is 3. The first-order valence-corrected chi connectivity index (χ1v) is 8.67. The van der Waals surface area contributed by atoms with Crippen molar-refractivity contribution in [3.05, 3.63) is 75.6 Å². The van der Waals surface area contributed by atoms with E-state index in [-0.39, 0.29) is 27.7 Å². The molecule has 1 heterocycles. The van der Waals surface area contributed by atoms with Crippen LogP contribution in [0.2, 0.25) is 0 Å². The van der Waals surface area contributed by atoms with Crippen LogP contribution in [0.15, 0.2) is 65.1 Å². The van der Waals surface area contributed by atoms with E-state index in [0.717, 1.165) is 0 Å². The van der Waals surface area contributed by atoms with Gasteiger partial charge in [-0.25, -0.2) is 5.21 Å². The summed E-state index contributed by atoms with van der Waals surface area (Å²) >= 11 is 3.37. The van der Waals surface area contributed by atoms with Crippen molar-refractivity contribution in [1.29, 1.82) is 0 Å². The SMILES string of the molecule is O=C1Nc2ccccc2Oc2cc([N+](=O)O)cc(Oc3ccccc3Br)c21. The van der Waals surface area contributed by atoms with Gasteiger partial charge in [0.1, 0.15) is 11.3 Å². The predicted octanol–water partition coefficient (Wildman–Crippen LogP) is 5.40. The summed E-state index contributed by atoms with van der Waals surface area (Å²) < 4.78 is 12.3. The maximum atomic E-state index is 12.8. The molecular weight excluding hydrogens is 416 g/mol. The quantitative estimate of drug-likeness (QED) is 0.546. The normalized spacial score (nSPS) is 12.1. The first-order chi connectivity index (χ1) is 13.0. The van der Waals surface area contributed by atoms with Crippen LogP contribution >= 0.6 is 15.9 Å². The third kappa shape index (κ3) is 3.22. The highest BCUT2D eigenvalue weighted by atomic mass is 79.9. The standard InChI is InChI=1S/C19H11BrN2O5/c20-12-5-1-3-7-14(12)26-16-9-11(22(24)25)10-17-18(16)19(23)21-13-6-2-4-8-15(13)27-17/h1-10H,(H-,21,23,24,25)/p+1. The summed E-state index contributed by atoms with van der Waals surface area (Å²) in [5.74, 6) is 0.534. The van der Waals surface area contributed by atoms with Crippen LogP contribution < -0.4 is 14.8 Å². The van der Waals surface area contributed by atoms with Crippen molar-refractivity contribution in [2.24, 2.45) is 0 Å². The minimum atomic E-state index is -0.459. The van der Waals surface area contributed by atoms with Crippen molar-refractivity contribution in [3.63, 3.8) is 0 Å². The highest BCUT2D eigenvalue weighted by molar-refractivity contribution is 9.10. The molecule has 0 radical (unpaired) electrons. The van der Waals surface area contributed by atoms with Crippen LogP contribution in [-0.2, 0) is 0 Å². The van der Waals surface area contributed by atoms with Crippen LogP contribution in [0.1, 0.15) is 10.4 Å². The minimum Gasteiger partial charge on any atom is -0.455 e. The number of carbonyl (C=O) groups excluding carboxylic acids is 1. The molecule has 3 aromatic rings. The van der Waals surface area contributed by atoms with Crippen molar-refractivity contribution in [2.45, 2.75) is 0 Å². The molecule has 0 fully saturated rings. The van der Waals surface area contributed by atoms with Gasteiger partial charge in [0.15, 0.2) is 17.2 Å². The average Bonchev–Trinajstić information content (AvgIpc) is 2.79. The second kappa shape index (κ2) is 6.73. The topological polar surface area (TPSA) is 87.9 Å². The smallest absolute Gasteiger partial charge is 0.324 e. The number of amides is 1. The Morgan fingerprint density at radius 3 is 2.52 bits per heavy atom. The lowest BCUT2D eigenvalue weighted by Gasteiger charge is -2.12. The predicted molar refractivity (Wildman–Crippen MR) is 100 cm³/mol. The number of anilines is 1. The number of hydrogen-bond donors (Lipinski definition) is 2. The van der Waals surface area contributed by atoms with Gasteiger partial charge in [0.2, 0.25) is 0 Å². The largest absolute Gasteiger partial charge is 0.455 e. The van der Waals surface area contributed by atoms with E-state index in [0.29, 0.717) is 21.7 Å². The Kier molecular flexibility index (Phi) is 4.25. The van der Waals surface area contributed by atoms with Gasteiger partial charge < -0.3 is 14.8 Å². The fourth-order valence-electron chi connectivity index (χ4n) is 2.68. The zero-order valence-electron chi connectivity index (χ0n) is 13.7. The molecule has 0 bridgehead atoms. The molecule has 0 aliphatic carbocycles. The number of halogens is 1. The molecule has 0 unspecified atom stereocenters. The maximum absolute atomic E-state index is 12.8. The van der Waals surface area contributed by atoms with Gasteiger partial charge in [-0.2, -0.15) is 0 Å². The Balaban J connectivity index is 1.89. The van der Waals surface area contributed by atoms with Gasteiger partial charge >= 0.3 is 5.69 Å². The van der Waals surface area contributed by atoms with Gasteiger partial charge in [0.25, 0.3) is 10.8 Å². The first kappa shape index (κ1) is 17.0. The Morgan fingerprint density at radius 2 is 1.74 bits per heavy atom. The monoisotopic (exact) mass is 427 g/mol. The maximum Gasteiger partial charge on any atom is 0.324 e. The molecule has 1 amide bonds. The second-order valence-corrected chi connectivity index (χ2v) is 6.53. The van der Waals surface area contributed by atoms with Crippen LogP contribution in [0.3, 0.4) is 0 Å². The van der Waals surface area contributed by atoms with Crippen LogP contribution in [0.5, 0.6) is 23.0 Å². The summed E-state index contributed by atoms with van der Waals surface area (Å²) in [6.45, 7) is 0. The van der Waals surface area contributed by atoms with E-state index in [1.165, 1.54) is 12.1 Å². The van der Waals surface area contributed by atoms with Crippen molar-refractivity contribution < 1.29 is 24.4 Å². The zero-order valence-corrected chi connectivity index (χ0v) is 15.3. The van der Waals surface area contributed by atoms with Crippen LogP contribution in [0.4, 0.5) is 11.4 Å². The van der Waals surface area contributed by atoms with E-state index in [2.05, 4.69) is 21.2 Å². The number of hydrogen-bond acceptors (Lipinski definition) is 4. The highest BCUT2D eigenvalue weighted by Crippen LogP contribution is 2.43. The highest BCUT2D eigenvalue weighted by Gasteiger charge is 2.30. The third-order valence-corrected chi connectivity index (χ3v) is 4.57. The van der Waals surface area contributed by atoms with E-state index in [1.54, 1.807) is 42.5 Å². The Morgan fingerprint density at radius 1 is 1.00 bits per heavy atom. The molecule has 0 spiro atoms. The summed E-state index contributed by atoms with van der Waals surface area (Å²) in [5.41, 5.74) is 0.450. The van der Waals surface area contributed by atoms with E-state index in [9.17, 15) is 14.9 Å². The lowest BCUT2D eigenvalue weighted by molar-refractivity contribution is -0.729. The summed E-state index contributed by atoms with van der Waals surface area (Å²) in [5, 5.41) is 12.1.